The summed E-state index contributed by atoms with van der Waals surface area (Å²) in [5.41, 5.74) is 6.37. The molecule has 4 rings (SSSR count). The molecule has 0 saturated heterocycles. The van der Waals surface area contributed by atoms with Crippen LogP contribution >= 0.6 is 27.5 Å². The first-order chi connectivity index (χ1) is 14.2. The first kappa shape index (κ1) is 20.9. The molecule has 2 aromatic carbocycles. The predicted molar refractivity (Wildman–Crippen MR) is 126 cm³/mol. The molecule has 0 radical (unpaired) electrons. The van der Waals surface area contributed by atoms with Gasteiger partial charge >= 0.3 is 5.91 Å². The quantitative estimate of drug-likeness (QED) is 0.346. The van der Waals surface area contributed by atoms with Crippen molar-refractivity contribution >= 4 is 56.3 Å². The zero-order valence-electron chi connectivity index (χ0n) is 17.3. The molecule has 30 heavy (non-hydrogen) atoms. The van der Waals surface area contributed by atoms with Crippen molar-refractivity contribution in [3.63, 3.8) is 0 Å². The molecule has 5 nitrogen and oxygen atoms in total. The Morgan fingerprint density at radius 1 is 1.33 bits per heavy atom. The first-order valence-corrected chi connectivity index (χ1v) is 10.9. The summed E-state index contributed by atoms with van der Waals surface area (Å²) < 4.78 is 6.52. The lowest BCUT2D eigenvalue weighted by Crippen LogP contribution is -2.45. The Hall–Kier alpha value is -2.31. The minimum atomic E-state index is -0.414. The Kier molecular flexibility index (Phi) is 5.41. The van der Waals surface area contributed by atoms with Crippen LogP contribution in [0.3, 0.4) is 0 Å². The third-order valence-electron chi connectivity index (χ3n) is 5.82. The van der Waals surface area contributed by atoms with Gasteiger partial charge in [0.25, 0.3) is 0 Å². The Labute approximate surface area is 189 Å². The van der Waals surface area contributed by atoms with Gasteiger partial charge in [-0.3, -0.25) is 4.79 Å². The highest BCUT2D eigenvalue weighted by Gasteiger charge is 2.34. The van der Waals surface area contributed by atoms with E-state index in [1.807, 2.05) is 24.3 Å². The van der Waals surface area contributed by atoms with Gasteiger partial charge in [0.15, 0.2) is 5.76 Å². The van der Waals surface area contributed by atoms with Gasteiger partial charge in [-0.15, -0.1) is 0 Å². The number of fused-ring (bicyclic) bond motifs is 2. The van der Waals surface area contributed by atoms with Crippen molar-refractivity contribution in [1.82, 2.24) is 5.43 Å². The van der Waals surface area contributed by atoms with Crippen LogP contribution in [0.2, 0.25) is 5.02 Å². The molecule has 0 fully saturated rings. The van der Waals surface area contributed by atoms with E-state index < -0.39 is 5.91 Å². The minimum Gasteiger partial charge on any atom is -0.451 e. The lowest BCUT2D eigenvalue weighted by atomic mass is 9.80. The molecule has 1 N–H and O–H groups in total. The van der Waals surface area contributed by atoms with Crippen LogP contribution in [0.15, 0.2) is 50.4 Å². The zero-order valence-corrected chi connectivity index (χ0v) is 19.6. The monoisotopic (exact) mass is 487 g/mol. The van der Waals surface area contributed by atoms with Crippen molar-refractivity contribution in [3.8, 4) is 0 Å². The Morgan fingerprint density at radius 2 is 2.10 bits per heavy atom. The third kappa shape index (κ3) is 3.86. The van der Waals surface area contributed by atoms with E-state index >= 15 is 0 Å². The normalized spacial score (nSPS) is 18.1. The summed E-state index contributed by atoms with van der Waals surface area (Å²) >= 11 is 9.93. The average Bonchev–Trinajstić information content (AvgIpc) is 3.10. The second-order valence-corrected chi connectivity index (χ2v) is 9.72. The van der Waals surface area contributed by atoms with Crippen molar-refractivity contribution in [3.05, 3.63) is 62.8 Å². The number of hydrazone groups is 1. The van der Waals surface area contributed by atoms with Crippen LogP contribution in [0.1, 0.15) is 54.8 Å². The molecule has 1 aliphatic heterocycles. The van der Waals surface area contributed by atoms with Crippen LogP contribution in [0.5, 0.6) is 0 Å². The summed E-state index contributed by atoms with van der Waals surface area (Å²) in [6.07, 6.45) is 2.62. The molecular formula is C23H23BrClN3O2. The van der Waals surface area contributed by atoms with Gasteiger partial charge in [0, 0.05) is 33.7 Å². The van der Waals surface area contributed by atoms with E-state index in [2.05, 4.69) is 65.2 Å². The standard InChI is InChI=1S/C23H23BrClN3O2/c1-13-11-23(2,3)28(4)19-10-18(25)15(8-17(13)19)12-26-27-22(29)21-9-14-7-16(24)5-6-20(14)30-21/h5-10,12-13H,11H2,1-4H3,(H,27,29)/b26-12+/t13-/m0/s1. The molecule has 156 valence electrons. The molecule has 1 amide bonds. The van der Waals surface area contributed by atoms with Gasteiger partial charge in [0.1, 0.15) is 5.58 Å². The molecular weight excluding hydrogens is 466 g/mol. The van der Waals surface area contributed by atoms with Gasteiger partial charge in [-0.25, -0.2) is 5.43 Å². The molecule has 1 atom stereocenters. The highest BCUT2D eigenvalue weighted by Crippen LogP contribution is 2.44. The largest absolute Gasteiger partial charge is 0.451 e. The topological polar surface area (TPSA) is 57.8 Å². The van der Waals surface area contributed by atoms with Gasteiger partial charge in [-0.1, -0.05) is 34.5 Å². The van der Waals surface area contributed by atoms with Crippen LogP contribution < -0.4 is 10.3 Å². The van der Waals surface area contributed by atoms with Gasteiger partial charge in [-0.2, -0.15) is 5.10 Å². The number of furan rings is 1. The molecule has 0 saturated carbocycles. The number of anilines is 1. The highest BCUT2D eigenvalue weighted by atomic mass is 79.9. The van der Waals surface area contributed by atoms with Crippen molar-refractivity contribution in [2.75, 3.05) is 11.9 Å². The van der Waals surface area contributed by atoms with E-state index in [4.69, 9.17) is 16.0 Å². The molecule has 0 bridgehead atoms. The second-order valence-electron chi connectivity index (χ2n) is 8.40. The van der Waals surface area contributed by atoms with Crippen LogP contribution in [0.25, 0.3) is 11.0 Å². The molecule has 2 heterocycles. The summed E-state index contributed by atoms with van der Waals surface area (Å²) in [4.78, 5) is 14.7. The number of amides is 1. The fourth-order valence-electron chi connectivity index (χ4n) is 4.05. The van der Waals surface area contributed by atoms with Crippen LogP contribution in [0.4, 0.5) is 5.69 Å². The Morgan fingerprint density at radius 3 is 2.87 bits per heavy atom. The van der Waals surface area contributed by atoms with E-state index in [1.165, 1.54) is 5.56 Å². The number of hydrogen-bond acceptors (Lipinski definition) is 4. The van der Waals surface area contributed by atoms with Crippen LogP contribution in [-0.2, 0) is 0 Å². The fourth-order valence-corrected chi connectivity index (χ4v) is 4.63. The molecule has 1 aliphatic rings. The summed E-state index contributed by atoms with van der Waals surface area (Å²) in [5.74, 6) is 0.192. The van der Waals surface area contributed by atoms with Gasteiger partial charge in [-0.05, 0) is 68.1 Å². The maximum absolute atomic E-state index is 12.4. The molecule has 0 aliphatic carbocycles. The fraction of sp³-hybridized carbons (Fsp3) is 0.304. The maximum Gasteiger partial charge on any atom is 0.307 e. The Balaban J connectivity index is 1.54. The SMILES string of the molecule is C[C@H]1CC(C)(C)N(C)c2cc(Cl)c(/C=N/NC(=O)c3cc4cc(Br)ccc4o3)cc21. The number of carbonyl (C=O) groups is 1. The van der Waals surface area contributed by atoms with Crippen molar-refractivity contribution in [2.45, 2.75) is 38.6 Å². The molecule has 0 unspecified atom stereocenters. The summed E-state index contributed by atoms with van der Waals surface area (Å²) in [7, 11) is 2.10. The van der Waals surface area contributed by atoms with Gasteiger partial charge < -0.3 is 9.32 Å². The number of rotatable bonds is 3. The number of benzene rings is 2. The van der Waals surface area contributed by atoms with Crippen LogP contribution in [0, 0.1) is 0 Å². The van der Waals surface area contributed by atoms with E-state index in [9.17, 15) is 4.79 Å². The third-order valence-corrected chi connectivity index (χ3v) is 6.64. The summed E-state index contributed by atoms with van der Waals surface area (Å²) in [6.45, 7) is 6.70. The molecule has 7 heteroatoms. The maximum atomic E-state index is 12.4. The summed E-state index contributed by atoms with van der Waals surface area (Å²) in [5, 5.41) is 5.54. The number of nitrogens with zero attached hydrogens (tertiary/aromatic N) is 2. The van der Waals surface area contributed by atoms with E-state index in [1.54, 1.807) is 12.3 Å². The van der Waals surface area contributed by atoms with Crippen molar-refractivity contribution in [1.29, 1.82) is 0 Å². The first-order valence-electron chi connectivity index (χ1n) is 9.75. The minimum absolute atomic E-state index is 0.0709. The van der Waals surface area contributed by atoms with Crippen LogP contribution in [-0.4, -0.2) is 24.7 Å². The second kappa shape index (κ2) is 7.75. The molecule has 3 aromatic rings. The highest BCUT2D eigenvalue weighted by molar-refractivity contribution is 9.10. The Bertz CT molecular complexity index is 1170. The molecule has 1 aromatic heterocycles. The lowest BCUT2D eigenvalue weighted by Gasteiger charge is -2.45. The smallest absolute Gasteiger partial charge is 0.307 e. The van der Waals surface area contributed by atoms with Crippen molar-refractivity contribution in [2.24, 2.45) is 5.10 Å². The van der Waals surface area contributed by atoms with Crippen molar-refractivity contribution < 1.29 is 9.21 Å². The van der Waals surface area contributed by atoms with E-state index in [0.717, 1.165) is 27.5 Å². The van der Waals surface area contributed by atoms with Gasteiger partial charge in [0.2, 0.25) is 0 Å². The van der Waals surface area contributed by atoms with Gasteiger partial charge in [0.05, 0.1) is 11.2 Å². The number of hydrogen-bond donors (Lipinski definition) is 1. The van der Waals surface area contributed by atoms with E-state index in [-0.39, 0.29) is 11.3 Å². The number of nitrogens with one attached hydrogen (secondary N) is 1. The molecule has 0 spiro atoms. The zero-order chi connectivity index (χ0) is 21.6. The number of carbonyl (C=O) groups excluding carboxylic acids is 1. The summed E-state index contributed by atoms with van der Waals surface area (Å²) in [6, 6.07) is 11.3. The average molecular weight is 489 g/mol. The lowest BCUT2D eigenvalue weighted by molar-refractivity contribution is 0.0929. The number of halogens is 2. The van der Waals surface area contributed by atoms with E-state index in [0.29, 0.717) is 16.5 Å². The predicted octanol–water partition coefficient (Wildman–Crippen LogP) is 6.33.